The largest absolute Gasteiger partial charge is 0.464 e. The number of nitrogens with zero attached hydrogens (tertiary/aromatic N) is 2. The number of anilines is 1. The number of aryl methyl sites for hydroxylation is 1. The molecule has 1 heterocycles. The molecule has 2 aromatic rings. The maximum absolute atomic E-state index is 13.7. The molecule has 0 fully saturated rings. The Morgan fingerprint density at radius 1 is 1.17 bits per heavy atom. The van der Waals surface area contributed by atoms with Gasteiger partial charge in [-0.3, -0.25) is 0 Å². The lowest BCUT2D eigenvalue weighted by atomic mass is 10.3. The van der Waals surface area contributed by atoms with Gasteiger partial charge in [-0.15, -0.1) is 0 Å². The zero-order valence-electron chi connectivity index (χ0n) is 13.7. The van der Waals surface area contributed by atoms with Gasteiger partial charge in [0.05, 0.1) is 12.2 Å². The van der Waals surface area contributed by atoms with Gasteiger partial charge >= 0.3 is 6.03 Å². The molecule has 0 radical (unpaired) electrons. The van der Waals surface area contributed by atoms with E-state index in [1.807, 2.05) is 38.1 Å². The minimum atomic E-state index is -0.456. The summed E-state index contributed by atoms with van der Waals surface area (Å²) in [5.74, 6) is 1.04. The Kier molecular flexibility index (Phi) is 5.76. The highest BCUT2D eigenvalue weighted by Crippen LogP contribution is 2.15. The SMILES string of the molecule is Cc1ccc(CN(CCN(C)C)C(=O)Nc2ccccc2F)o1. The molecule has 0 aliphatic carbocycles. The van der Waals surface area contributed by atoms with Crippen LogP contribution in [0.15, 0.2) is 40.8 Å². The number of hydrogen-bond donors (Lipinski definition) is 1. The van der Waals surface area contributed by atoms with Crippen molar-refractivity contribution < 1.29 is 13.6 Å². The number of halogens is 1. The second-order valence-electron chi connectivity index (χ2n) is 5.65. The summed E-state index contributed by atoms with van der Waals surface area (Å²) in [6.45, 7) is 3.40. The molecule has 2 rings (SSSR count). The monoisotopic (exact) mass is 319 g/mol. The van der Waals surface area contributed by atoms with Gasteiger partial charge in [0.1, 0.15) is 17.3 Å². The first-order valence-corrected chi connectivity index (χ1v) is 7.46. The number of likely N-dealkylation sites (N-methyl/N-ethyl adjacent to an activating group) is 1. The van der Waals surface area contributed by atoms with Gasteiger partial charge in [0.15, 0.2) is 0 Å². The van der Waals surface area contributed by atoms with E-state index in [0.29, 0.717) is 25.4 Å². The van der Waals surface area contributed by atoms with Crippen LogP contribution in [0.2, 0.25) is 0 Å². The smallest absolute Gasteiger partial charge is 0.322 e. The molecule has 0 saturated heterocycles. The van der Waals surface area contributed by atoms with Crippen molar-refractivity contribution >= 4 is 11.7 Å². The van der Waals surface area contributed by atoms with E-state index < -0.39 is 5.82 Å². The molecular weight excluding hydrogens is 297 g/mol. The van der Waals surface area contributed by atoms with Crippen LogP contribution in [-0.2, 0) is 6.54 Å². The van der Waals surface area contributed by atoms with Crippen molar-refractivity contribution in [3.05, 3.63) is 53.7 Å². The molecule has 0 bridgehead atoms. The highest BCUT2D eigenvalue weighted by Gasteiger charge is 2.17. The van der Waals surface area contributed by atoms with Gasteiger partial charge in [-0.2, -0.15) is 0 Å². The standard InChI is InChI=1S/C17H22FN3O2/c1-13-8-9-14(23-13)12-21(11-10-20(2)3)17(22)19-16-7-5-4-6-15(16)18/h4-9H,10-12H2,1-3H3,(H,19,22). The average Bonchev–Trinajstić information content (AvgIpc) is 2.91. The van der Waals surface area contributed by atoms with E-state index in [-0.39, 0.29) is 11.7 Å². The van der Waals surface area contributed by atoms with E-state index >= 15 is 0 Å². The predicted molar refractivity (Wildman–Crippen MR) is 87.8 cm³/mol. The van der Waals surface area contributed by atoms with Crippen LogP contribution in [0.3, 0.4) is 0 Å². The van der Waals surface area contributed by atoms with Gasteiger partial charge in [-0.1, -0.05) is 12.1 Å². The second kappa shape index (κ2) is 7.78. The van der Waals surface area contributed by atoms with Crippen LogP contribution < -0.4 is 5.32 Å². The third kappa shape index (κ3) is 5.10. The molecule has 124 valence electrons. The first-order valence-electron chi connectivity index (χ1n) is 7.46. The predicted octanol–water partition coefficient (Wildman–Crippen LogP) is 3.32. The quantitative estimate of drug-likeness (QED) is 0.888. The molecule has 0 unspecified atom stereocenters. The van der Waals surface area contributed by atoms with Gasteiger partial charge in [-0.25, -0.2) is 9.18 Å². The number of furan rings is 1. The van der Waals surface area contributed by atoms with E-state index in [0.717, 1.165) is 5.76 Å². The van der Waals surface area contributed by atoms with E-state index in [4.69, 9.17) is 4.42 Å². The first-order chi connectivity index (χ1) is 11.0. The normalized spacial score (nSPS) is 10.8. The molecule has 0 aliphatic heterocycles. The molecule has 0 spiro atoms. The molecule has 0 aliphatic rings. The third-order valence-corrected chi connectivity index (χ3v) is 3.36. The van der Waals surface area contributed by atoms with Crippen LogP contribution in [0.4, 0.5) is 14.9 Å². The third-order valence-electron chi connectivity index (χ3n) is 3.36. The van der Waals surface area contributed by atoms with Crippen LogP contribution in [0.5, 0.6) is 0 Å². The molecule has 5 nitrogen and oxygen atoms in total. The Morgan fingerprint density at radius 2 is 1.91 bits per heavy atom. The Balaban J connectivity index is 2.08. The Morgan fingerprint density at radius 3 is 2.52 bits per heavy atom. The number of carbonyl (C=O) groups excluding carboxylic acids is 1. The topological polar surface area (TPSA) is 48.7 Å². The van der Waals surface area contributed by atoms with E-state index in [1.165, 1.54) is 12.1 Å². The molecule has 6 heteroatoms. The lowest BCUT2D eigenvalue weighted by Gasteiger charge is -2.24. The Hall–Kier alpha value is -2.34. The lowest BCUT2D eigenvalue weighted by Crippen LogP contribution is -2.39. The lowest BCUT2D eigenvalue weighted by molar-refractivity contribution is 0.196. The fraction of sp³-hybridized carbons (Fsp3) is 0.353. The number of urea groups is 1. The molecule has 0 saturated carbocycles. The zero-order chi connectivity index (χ0) is 16.8. The van der Waals surface area contributed by atoms with Crippen molar-refractivity contribution in [3.63, 3.8) is 0 Å². The summed E-state index contributed by atoms with van der Waals surface area (Å²) in [5.41, 5.74) is 0.169. The van der Waals surface area contributed by atoms with Gasteiger partial charge in [-0.05, 0) is 45.3 Å². The van der Waals surface area contributed by atoms with E-state index in [1.54, 1.807) is 17.0 Å². The van der Waals surface area contributed by atoms with Crippen molar-refractivity contribution in [3.8, 4) is 0 Å². The number of para-hydroxylation sites is 1. The van der Waals surface area contributed by atoms with Crippen molar-refractivity contribution in [1.82, 2.24) is 9.80 Å². The summed E-state index contributed by atoms with van der Waals surface area (Å²) < 4.78 is 19.2. The zero-order valence-corrected chi connectivity index (χ0v) is 13.7. The number of nitrogens with one attached hydrogen (secondary N) is 1. The molecule has 1 aromatic heterocycles. The summed E-state index contributed by atoms with van der Waals surface area (Å²) in [5, 5.41) is 2.61. The second-order valence-corrected chi connectivity index (χ2v) is 5.65. The molecular formula is C17H22FN3O2. The highest BCUT2D eigenvalue weighted by molar-refractivity contribution is 5.89. The van der Waals surface area contributed by atoms with E-state index in [2.05, 4.69) is 5.32 Å². The molecule has 1 aromatic carbocycles. The van der Waals surface area contributed by atoms with Crippen LogP contribution in [-0.4, -0.2) is 43.0 Å². The molecule has 2 amide bonds. The van der Waals surface area contributed by atoms with Gasteiger partial charge in [0, 0.05) is 13.1 Å². The summed E-state index contributed by atoms with van der Waals surface area (Å²) in [6.07, 6.45) is 0. The van der Waals surface area contributed by atoms with Gasteiger partial charge in [0.25, 0.3) is 0 Å². The molecule has 0 atom stereocenters. The average molecular weight is 319 g/mol. The fourth-order valence-corrected chi connectivity index (χ4v) is 2.09. The summed E-state index contributed by atoms with van der Waals surface area (Å²) in [7, 11) is 3.87. The Bertz CT molecular complexity index is 655. The number of rotatable bonds is 6. The van der Waals surface area contributed by atoms with Gasteiger partial charge in [0.2, 0.25) is 0 Å². The first kappa shape index (κ1) is 17.0. The van der Waals surface area contributed by atoms with Crippen LogP contribution in [0, 0.1) is 12.7 Å². The summed E-state index contributed by atoms with van der Waals surface area (Å²) in [6, 6.07) is 9.46. The van der Waals surface area contributed by atoms with Crippen LogP contribution in [0.1, 0.15) is 11.5 Å². The van der Waals surface area contributed by atoms with Crippen LogP contribution in [0.25, 0.3) is 0 Å². The van der Waals surface area contributed by atoms with Gasteiger partial charge < -0.3 is 19.5 Å². The van der Waals surface area contributed by atoms with E-state index in [9.17, 15) is 9.18 Å². The highest BCUT2D eigenvalue weighted by atomic mass is 19.1. The summed E-state index contributed by atoms with van der Waals surface area (Å²) >= 11 is 0. The maximum Gasteiger partial charge on any atom is 0.322 e. The minimum absolute atomic E-state index is 0.169. The van der Waals surface area contributed by atoms with Crippen molar-refractivity contribution in [1.29, 1.82) is 0 Å². The number of hydrogen-bond acceptors (Lipinski definition) is 3. The van der Waals surface area contributed by atoms with Crippen molar-refractivity contribution in [2.45, 2.75) is 13.5 Å². The van der Waals surface area contributed by atoms with Crippen LogP contribution >= 0.6 is 0 Å². The number of carbonyl (C=O) groups is 1. The summed E-state index contributed by atoms with van der Waals surface area (Å²) in [4.78, 5) is 16.1. The molecule has 23 heavy (non-hydrogen) atoms. The fourth-order valence-electron chi connectivity index (χ4n) is 2.09. The number of benzene rings is 1. The maximum atomic E-state index is 13.7. The van der Waals surface area contributed by atoms with Crippen molar-refractivity contribution in [2.24, 2.45) is 0 Å². The minimum Gasteiger partial charge on any atom is -0.464 e. The van der Waals surface area contributed by atoms with Crippen molar-refractivity contribution in [2.75, 3.05) is 32.5 Å². The molecule has 1 N–H and O–H groups in total. The Labute approximate surface area is 135 Å². The number of amides is 2.